The molecule has 6 heteroatoms. The second-order valence-corrected chi connectivity index (χ2v) is 4.43. The van der Waals surface area contributed by atoms with Gasteiger partial charge in [-0.25, -0.2) is 9.37 Å². The number of carbonyl (C=O) groups is 1. The fourth-order valence-corrected chi connectivity index (χ4v) is 1.68. The highest BCUT2D eigenvalue weighted by molar-refractivity contribution is 5.93. The number of nitrogens with one attached hydrogen (secondary N) is 2. The molecule has 0 aliphatic heterocycles. The number of aromatic amines is 1. The van der Waals surface area contributed by atoms with E-state index in [1.165, 1.54) is 19.3 Å². The first-order valence-corrected chi connectivity index (χ1v) is 6.27. The van der Waals surface area contributed by atoms with Crippen LogP contribution in [0.4, 0.5) is 4.39 Å². The second-order valence-electron chi connectivity index (χ2n) is 4.43. The Kier molecular flexibility index (Phi) is 4.27. The van der Waals surface area contributed by atoms with Crippen LogP contribution in [0, 0.1) is 12.7 Å². The summed E-state index contributed by atoms with van der Waals surface area (Å²) in [5.41, 5.74) is 0.625. The first-order valence-electron chi connectivity index (χ1n) is 6.27. The molecule has 0 bridgehead atoms. The highest BCUT2D eigenvalue weighted by atomic mass is 19.1. The molecule has 0 atom stereocenters. The van der Waals surface area contributed by atoms with Gasteiger partial charge in [-0.3, -0.25) is 9.59 Å². The number of aryl methyl sites for hydroxylation is 1. The summed E-state index contributed by atoms with van der Waals surface area (Å²) in [6.45, 7) is 1.68. The Labute approximate surface area is 120 Å². The molecule has 21 heavy (non-hydrogen) atoms. The van der Waals surface area contributed by atoms with Crippen molar-refractivity contribution in [1.82, 2.24) is 15.3 Å². The van der Waals surface area contributed by atoms with Crippen molar-refractivity contribution in [3.05, 3.63) is 63.1 Å². The monoisotopic (exact) mass is 287 g/mol. The van der Waals surface area contributed by atoms with Crippen LogP contribution in [0.1, 0.15) is 27.3 Å². The largest absolute Gasteiger partial charge is 0.355 e. The van der Waals surface area contributed by atoms with E-state index in [0.29, 0.717) is 11.1 Å². The number of H-pyrrole nitrogens is 1. The smallest absolute Gasteiger partial charge is 0.263 e. The van der Waals surface area contributed by atoms with Gasteiger partial charge < -0.3 is 10.3 Å². The topological polar surface area (TPSA) is 74.8 Å². The summed E-state index contributed by atoms with van der Waals surface area (Å²) in [5.74, 6) is -0.512. The van der Waals surface area contributed by atoms with Crippen molar-refractivity contribution >= 4 is 18.1 Å². The molecule has 0 aliphatic rings. The summed E-state index contributed by atoms with van der Waals surface area (Å²) in [4.78, 5) is 29.5. The molecule has 0 unspecified atom stereocenters. The van der Waals surface area contributed by atoms with Gasteiger partial charge in [0.15, 0.2) is 0 Å². The summed E-state index contributed by atoms with van der Waals surface area (Å²) in [7, 11) is 1.43. The molecule has 0 radical (unpaired) electrons. The number of carbonyl (C=O) groups excluding carboxylic acids is 1. The van der Waals surface area contributed by atoms with Gasteiger partial charge in [0.05, 0.1) is 0 Å². The normalized spacial score (nSPS) is 10.8. The first kappa shape index (κ1) is 14.6. The van der Waals surface area contributed by atoms with Crippen molar-refractivity contribution in [2.24, 2.45) is 0 Å². The van der Waals surface area contributed by atoms with E-state index >= 15 is 0 Å². The van der Waals surface area contributed by atoms with Gasteiger partial charge in [-0.1, -0.05) is 18.2 Å². The maximum atomic E-state index is 13.4. The van der Waals surface area contributed by atoms with Crippen LogP contribution in [0.15, 0.2) is 29.2 Å². The maximum absolute atomic E-state index is 13.4. The number of rotatable bonds is 3. The first-order chi connectivity index (χ1) is 10.0. The minimum Gasteiger partial charge on any atom is -0.355 e. The minimum absolute atomic E-state index is 0.0592. The molecule has 1 aromatic carbocycles. The van der Waals surface area contributed by atoms with E-state index in [9.17, 15) is 14.0 Å². The van der Waals surface area contributed by atoms with Gasteiger partial charge in [0.25, 0.3) is 11.5 Å². The lowest BCUT2D eigenvalue weighted by Crippen LogP contribution is -2.27. The molecule has 0 saturated heterocycles. The number of hydrogen-bond donors (Lipinski definition) is 2. The van der Waals surface area contributed by atoms with Gasteiger partial charge in [-0.15, -0.1) is 0 Å². The molecule has 108 valence electrons. The molecule has 2 aromatic rings. The Balaban J connectivity index is 2.25. The van der Waals surface area contributed by atoms with Crippen LogP contribution in [0.25, 0.3) is 12.2 Å². The van der Waals surface area contributed by atoms with Crippen molar-refractivity contribution < 1.29 is 9.18 Å². The fourth-order valence-electron chi connectivity index (χ4n) is 1.68. The van der Waals surface area contributed by atoms with E-state index in [1.807, 2.05) is 0 Å². The van der Waals surface area contributed by atoms with E-state index in [4.69, 9.17) is 0 Å². The predicted octanol–water partition coefficient (Wildman–Crippen LogP) is 1.75. The number of halogens is 1. The highest BCUT2D eigenvalue weighted by Crippen LogP contribution is 2.11. The standard InChI is InChI=1S/C15H14FN3O2/c1-9-3-4-10(7-12(9)16)5-6-13-18-8-11(14(20)17-2)15(21)19-13/h3-8H,1-2H3,(H,17,20)(H,18,19,21)/b6-5+. The lowest BCUT2D eigenvalue weighted by molar-refractivity contribution is 0.0961. The molecule has 1 heterocycles. The average Bonchev–Trinajstić information content (AvgIpc) is 2.48. The fraction of sp³-hybridized carbons (Fsp3) is 0.133. The van der Waals surface area contributed by atoms with E-state index in [0.717, 1.165) is 0 Å². The molecular formula is C15H14FN3O2. The molecule has 0 spiro atoms. The zero-order valence-electron chi connectivity index (χ0n) is 11.6. The van der Waals surface area contributed by atoms with Gasteiger partial charge >= 0.3 is 0 Å². The van der Waals surface area contributed by atoms with E-state index in [-0.39, 0.29) is 17.2 Å². The summed E-state index contributed by atoms with van der Waals surface area (Å²) >= 11 is 0. The van der Waals surface area contributed by atoms with Crippen LogP contribution in [0.3, 0.4) is 0 Å². The molecule has 2 rings (SSSR count). The van der Waals surface area contributed by atoms with Crippen LogP contribution in [0.2, 0.25) is 0 Å². The molecule has 1 amide bonds. The zero-order valence-corrected chi connectivity index (χ0v) is 11.6. The minimum atomic E-state index is -0.529. The maximum Gasteiger partial charge on any atom is 0.263 e. The molecule has 5 nitrogen and oxygen atoms in total. The number of benzene rings is 1. The molecule has 0 fully saturated rings. The van der Waals surface area contributed by atoms with Crippen molar-refractivity contribution in [2.75, 3.05) is 7.05 Å². The Morgan fingerprint density at radius 1 is 1.38 bits per heavy atom. The van der Waals surface area contributed by atoms with Crippen molar-refractivity contribution in [3.63, 3.8) is 0 Å². The third-order valence-corrected chi connectivity index (χ3v) is 2.92. The molecule has 0 saturated carbocycles. The zero-order chi connectivity index (χ0) is 15.4. The lowest BCUT2D eigenvalue weighted by Gasteiger charge is -2.00. The number of nitrogens with zero attached hydrogens (tertiary/aromatic N) is 1. The molecule has 1 aromatic heterocycles. The third-order valence-electron chi connectivity index (χ3n) is 2.92. The summed E-state index contributed by atoms with van der Waals surface area (Å²) < 4.78 is 13.4. The lowest BCUT2D eigenvalue weighted by atomic mass is 10.1. The van der Waals surface area contributed by atoms with Crippen molar-refractivity contribution in [2.45, 2.75) is 6.92 Å². The van der Waals surface area contributed by atoms with Crippen LogP contribution in [-0.2, 0) is 0 Å². The van der Waals surface area contributed by atoms with Crippen LogP contribution >= 0.6 is 0 Å². The van der Waals surface area contributed by atoms with Gasteiger partial charge in [-0.05, 0) is 30.2 Å². The molecule has 2 N–H and O–H groups in total. The summed E-state index contributed by atoms with van der Waals surface area (Å²) in [6, 6.07) is 4.81. The molecule has 0 aliphatic carbocycles. The SMILES string of the molecule is CNC(=O)c1cnc(/C=C/c2ccc(C)c(F)c2)[nH]c1=O. The third kappa shape index (κ3) is 3.42. The number of aromatic nitrogens is 2. The Bertz CT molecular complexity index is 766. The van der Waals surface area contributed by atoms with Gasteiger partial charge in [0, 0.05) is 13.2 Å². The van der Waals surface area contributed by atoms with Crippen molar-refractivity contribution in [3.8, 4) is 0 Å². The van der Waals surface area contributed by atoms with Gasteiger partial charge in [0.1, 0.15) is 17.2 Å². The van der Waals surface area contributed by atoms with E-state index in [2.05, 4.69) is 15.3 Å². The van der Waals surface area contributed by atoms with Crippen LogP contribution in [0.5, 0.6) is 0 Å². The number of amides is 1. The van der Waals surface area contributed by atoms with Gasteiger partial charge in [0.2, 0.25) is 0 Å². The number of hydrogen-bond acceptors (Lipinski definition) is 3. The predicted molar refractivity (Wildman–Crippen MR) is 78.3 cm³/mol. The average molecular weight is 287 g/mol. The molecular weight excluding hydrogens is 273 g/mol. The Morgan fingerprint density at radius 2 is 2.14 bits per heavy atom. The Hall–Kier alpha value is -2.76. The van der Waals surface area contributed by atoms with E-state index < -0.39 is 11.5 Å². The summed E-state index contributed by atoms with van der Waals surface area (Å²) in [6.07, 6.45) is 4.37. The second kappa shape index (κ2) is 6.13. The summed E-state index contributed by atoms with van der Waals surface area (Å²) in [5, 5.41) is 2.35. The highest BCUT2D eigenvalue weighted by Gasteiger charge is 2.08. The Morgan fingerprint density at radius 3 is 2.76 bits per heavy atom. The van der Waals surface area contributed by atoms with Crippen LogP contribution in [-0.4, -0.2) is 22.9 Å². The quantitative estimate of drug-likeness (QED) is 0.903. The van der Waals surface area contributed by atoms with Crippen LogP contribution < -0.4 is 10.9 Å². The van der Waals surface area contributed by atoms with Gasteiger partial charge in [-0.2, -0.15) is 0 Å². The van der Waals surface area contributed by atoms with E-state index in [1.54, 1.807) is 31.2 Å². The van der Waals surface area contributed by atoms with Crippen molar-refractivity contribution in [1.29, 1.82) is 0 Å².